The van der Waals surface area contributed by atoms with Gasteiger partial charge in [-0.15, -0.1) is 0 Å². The second-order valence-corrected chi connectivity index (χ2v) is 4.59. The van der Waals surface area contributed by atoms with E-state index < -0.39 is 11.6 Å². The molecule has 0 amide bonds. The Balaban J connectivity index is 3.09. The molecular formula is C12H18F2N2. The van der Waals surface area contributed by atoms with Crippen LogP contribution >= 0.6 is 0 Å². The van der Waals surface area contributed by atoms with Crippen molar-refractivity contribution in [3.05, 3.63) is 35.4 Å². The van der Waals surface area contributed by atoms with Crippen molar-refractivity contribution in [1.29, 1.82) is 0 Å². The summed E-state index contributed by atoms with van der Waals surface area (Å²) < 4.78 is 26.0. The van der Waals surface area contributed by atoms with E-state index in [9.17, 15) is 8.78 Å². The number of halogens is 2. The van der Waals surface area contributed by atoms with Crippen LogP contribution in [0.2, 0.25) is 0 Å². The zero-order valence-electron chi connectivity index (χ0n) is 9.85. The van der Waals surface area contributed by atoms with Crippen LogP contribution < -0.4 is 11.1 Å². The third kappa shape index (κ3) is 2.57. The number of hydrogen-bond donors (Lipinski definition) is 2. The fraction of sp³-hybridized carbons (Fsp3) is 0.500. The molecule has 0 aliphatic carbocycles. The Morgan fingerprint density at radius 1 is 1.31 bits per heavy atom. The van der Waals surface area contributed by atoms with E-state index in [1.807, 2.05) is 13.8 Å². The lowest BCUT2D eigenvalue weighted by atomic mass is 9.80. The number of nitrogens with two attached hydrogens (primary N) is 1. The maximum absolute atomic E-state index is 13.1. The lowest BCUT2D eigenvalue weighted by Crippen LogP contribution is -2.37. The lowest BCUT2D eigenvalue weighted by molar-refractivity contribution is 0.264. The maximum Gasteiger partial charge on any atom is 0.159 e. The Morgan fingerprint density at radius 2 is 1.94 bits per heavy atom. The van der Waals surface area contributed by atoms with Crippen molar-refractivity contribution in [2.45, 2.75) is 19.9 Å². The monoisotopic (exact) mass is 228 g/mol. The van der Waals surface area contributed by atoms with Gasteiger partial charge in [0.2, 0.25) is 0 Å². The van der Waals surface area contributed by atoms with Crippen molar-refractivity contribution in [3.8, 4) is 0 Å². The van der Waals surface area contributed by atoms with Gasteiger partial charge in [-0.05, 0) is 36.7 Å². The van der Waals surface area contributed by atoms with Gasteiger partial charge in [-0.1, -0.05) is 19.9 Å². The molecular weight excluding hydrogens is 210 g/mol. The average molecular weight is 228 g/mol. The molecule has 4 heteroatoms. The summed E-state index contributed by atoms with van der Waals surface area (Å²) in [6, 6.07) is 3.83. The molecule has 1 aromatic rings. The Kier molecular flexibility index (Phi) is 3.99. The number of hydrogen-bond acceptors (Lipinski definition) is 2. The maximum atomic E-state index is 13.1. The summed E-state index contributed by atoms with van der Waals surface area (Å²) in [5, 5.41) is 3.09. The first kappa shape index (κ1) is 13.1. The lowest BCUT2D eigenvalue weighted by Gasteiger charge is -2.33. The summed E-state index contributed by atoms with van der Waals surface area (Å²) in [5.74, 6) is -1.66. The van der Waals surface area contributed by atoms with Gasteiger partial charge in [0.05, 0.1) is 0 Å². The molecule has 0 saturated heterocycles. The van der Waals surface area contributed by atoms with Crippen LogP contribution in [0, 0.1) is 17.0 Å². The van der Waals surface area contributed by atoms with Gasteiger partial charge >= 0.3 is 0 Å². The van der Waals surface area contributed by atoms with Gasteiger partial charge in [0.25, 0.3) is 0 Å². The predicted molar refractivity (Wildman–Crippen MR) is 61.0 cm³/mol. The zero-order chi connectivity index (χ0) is 12.3. The summed E-state index contributed by atoms with van der Waals surface area (Å²) in [6.07, 6.45) is 0. The van der Waals surface area contributed by atoms with E-state index in [2.05, 4.69) is 5.32 Å². The van der Waals surface area contributed by atoms with Gasteiger partial charge in [0.15, 0.2) is 11.6 Å². The highest BCUT2D eigenvalue weighted by atomic mass is 19.2. The first-order valence-corrected chi connectivity index (χ1v) is 5.24. The second-order valence-electron chi connectivity index (χ2n) is 4.59. The largest absolute Gasteiger partial charge is 0.330 e. The van der Waals surface area contributed by atoms with Crippen LogP contribution in [0.5, 0.6) is 0 Å². The molecule has 0 aliphatic rings. The Hall–Kier alpha value is -1.00. The van der Waals surface area contributed by atoms with E-state index in [1.165, 1.54) is 6.07 Å². The van der Waals surface area contributed by atoms with E-state index >= 15 is 0 Å². The Morgan fingerprint density at radius 3 is 2.38 bits per heavy atom. The quantitative estimate of drug-likeness (QED) is 0.829. The topological polar surface area (TPSA) is 38.0 Å². The minimum absolute atomic E-state index is 0.104. The van der Waals surface area contributed by atoms with Crippen molar-refractivity contribution < 1.29 is 8.78 Å². The van der Waals surface area contributed by atoms with Gasteiger partial charge in [0.1, 0.15) is 0 Å². The fourth-order valence-corrected chi connectivity index (χ4v) is 1.82. The van der Waals surface area contributed by atoms with Crippen LogP contribution in [-0.2, 0) is 0 Å². The molecule has 0 heterocycles. The molecule has 1 rings (SSSR count). The standard InChI is InChI=1S/C12H18F2N2/c1-12(2,7-15)11(16-3)8-4-5-9(13)10(14)6-8/h4-6,11,16H,7,15H2,1-3H3. The van der Waals surface area contributed by atoms with Gasteiger partial charge in [-0.3, -0.25) is 0 Å². The number of nitrogens with one attached hydrogen (secondary N) is 1. The molecule has 3 N–H and O–H groups in total. The first-order valence-electron chi connectivity index (χ1n) is 5.24. The zero-order valence-corrected chi connectivity index (χ0v) is 9.85. The Labute approximate surface area is 94.8 Å². The van der Waals surface area contributed by atoms with Crippen LogP contribution in [-0.4, -0.2) is 13.6 Å². The van der Waals surface area contributed by atoms with Crippen LogP contribution in [0.25, 0.3) is 0 Å². The summed E-state index contributed by atoms with van der Waals surface area (Å²) >= 11 is 0. The van der Waals surface area contributed by atoms with Crippen molar-refractivity contribution in [2.24, 2.45) is 11.1 Å². The minimum Gasteiger partial charge on any atom is -0.330 e. The molecule has 1 atom stereocenters. The molecule has 0 bridgehead atoms. The third-order valence-corrected chi connectivity index (χ3v) is 2.87. The molecule has 0 saturated carbocycles. The number of benzene rings is 1. The van der Waals surface area contributed by atoms with Crippen molar-refractivity contribution in [1.82, 2.24) is 5.32 Å². The third-order valence-electron chi connectivity index (χ3n) is 2.87. The molecule has 1 aromatic carbocycles. The van der Waals surface area contributed by atoms with Crippen molar-refractivity contribution in [2.75, 3.05) is 13.6 Å². The van der Waals surface area contributed by atoms with Gasteiger partial charge < -0.3 is 11.1 Å². The Bertz CT molecular complexity index is 364. The van der Waals surface area contributed by atoms with Crippen LogP contribution in [0.4, 0.5) is 8.78 Å². The highest BCUT2D eigenvalue weighted by Gasteiger charge is 2.28. The molecule has 90 valence electrons. The molecule has 0 fully saturated rings. The van der Waals surface area contributed by atoms with E-state index in [-0.39, 0.29) is 11.5 Å². The average Bonchev–Trinajstić information content (AvgIpc) is 2.24. The smallest absolute Gasteiger partial charge is 0.159 e. The minimum atomic E-state index is -0.829. The van der Waals surface area contributed by atoms with E-state index in [0.717, 1.165) is 6.07 Å². The van der Waals surface area contributed by atoms with E-state index in [4.69, 9.17) is 5.73 Å². The van der Waals surface area contributed by atoms with E-state index in [0.29, 0.717) is 12.1 Å². The summed E-state index contributed by atoms with van der Waals surface area (Å²) in [5.41, 5.74) is 6.16. The summed E-state index contributed by atoms with van der Waals surface area (Å²) in [7, 11) is 1.78. The van der Waals surface area contributed by atoms with Crippen LogP contribution in [0.3, 0.4) is 0 Å². The predicted octanol–water partition coefficient (Wildman–Crippen LogP) is 2.21. The van der Waals surface area contributed by atoms with Gasteiger partial charge in [-0.2, -0.15) is 0 Å². The molecule has 2 nitrogen and oxygen atoms in total. The highest BCUT2D eigenvalue weighted by Crippen LogP contribution is 2.32. The first-order chi connectivity index (χ1) is 7.42. The van der Waals surface area contributed by atoms with Gasteiger partial charge in [-0.25, -0.2) is 8.78 Å². The van der Waals surface area contributed by atoms with Crippen LogP contribution in [0.1, 0.15) is 25.5 Å². The van der Waals surface area contributed by atoms with Crippen molar-refractivity contribution >= 4 is 0 Å². The SMILES string of the molecule is CNC(c1ccc(F)c(F)c1)C(C)(C)CN. The van der Waals surface area contributed by atoms with E-state index in [1.54, 1.807) is 13.1 Å². The molecule has 16 heavy (non-hydrogen) atoms. The van der Waals surface area contributed by atoms with Gasteiger partial charge in [0, 0.05) is 6.04 Å². The summed E-state index contributed by atoms with van der Waals surface area (Å²) in [6.45, 7) is 4.42. The highest BCUT2D eigenvalue weighted by molar-refractivity contribution is 5.23. The fourth-order valence-electron chi connectivity index (χ4n) is 1.82. The normalized spacial score (nSPS) is 13.9. The molecule has 0 radical (unpaired) electrons. The molecule has 0 spiro atoms. The molecule has 1 unspecified atom stereocenters. The van der Waals surface area contributed by atoms with Crippen molar-refractivity contribution in [3.63, 3.8) is 0 Å². The number of rotatable bonds is 4. The summed E-state index contributed by atoms with van der Waals surface area (Å²) in [4.78, 5) is 0. The second kappa shape index (κ2) is 4.89. The molecule has 0 aliphatic heterocycles. The molecule has 0 aromatic heterocycles. The van der Waals surface area contributed by atoms with Crippen LogP contribution in [0.15, 0.2) is 18.2 Å².